The predicted molar refractivity (Wildman–Crippen MR) is 109 cm³/mol. The molecule has 3 heterocycles. The van der Waals surface area contributed by atoms with Gasteiger partial charge in [-0.05, 0) is 57.5 Å². The number of carbonyl (C=O) groups excluding carboxylic acids is 1. The molecule has 1 aromatic carbocycles. The topological polar surface area (TPSA) is 76.6 Å². The van der Waals surface area contributed by atoms with Crippen molar-refractivity contribution in [1.82, 2.24) is 20.2 Å². The third kappa shape index (κ3) is 4.50. The molecule has 154 valence electrons. The molecule has 0 spiro atoms. The van der Waals surface area contributed by atoms with E-state index in [2.05, 4.69) is 10.3 Å². The molecular formula is C22H28N4O3. The fourth-order valence-corrected chi connectivity index (χ4v) is 3.89. The number of fused-ring (bicyclic) bond motifs is 1. The second kappa shape index (κ2) is 8.78. The third-order valence-electron chi connectivity index (χ3n) is 5.43. The minimum Gasteiger partial charge on any atom is -0.494 e. The van der Waals surface area contributed by atoms with E-state index in [0.29, 0.717) is 25.4 Å². The monoisotopic (exact) mass is 396 g/mol. The molecular weight excluding hydrogens is 368 g/mol. The molecule has 1 aromatic heterocycles. The first-order valence-corrected chi connectivity index (χ1v) is 10.4. The highest BCUT2D eigenvalue weighted by Crippen LogP contribution is 2.24. The lowest BCUT2D eigenvalue weighted by Gasteiger charge is -2.30. The summed E-state index contributed by atoms with van der Waals surface area (Å²) >= 11 is 0. The SMILES string of the molecule is CCOc1ccc(O[C@H](C)C(=O)N2CCc3nc([C@@H]4CCCN4)ncc3C2)cc1. The van der Waals surface area contributed by atoms with E-state index in [-0.39, 0.29) is 11.9 Å². The maximum Gasteiger partial charge on any atom is 0.263 e. The zero-order chi connectivity index (χ0) is 20.2. The van der Waals surface area contributed by atoms with Crippen molar-refractivity contribution in [2.24, 2.45) is 0 Å². The highest BCUT2D eigenvalue weighted by molar-refractivity contribution is 5.81. The quantitative estimate of drug-likeness (QED) is 0.809. The van der Waals surface area contributed by atoms with E-state index < -0.39 is 6.10 Å². The molecule has 7 nitrogen and oxygen atoms in total. The Morgan fingerprint density at radius 2 is 2.10 bits per heavy atom. The summed E-state index contributed by atoms with van der Waals surface area (Å²) in [5, 5.41) is 3.44. The van der Waals surface area contributed by atoms with Crippen molar-refractivity contribution in [1.29, 1.82) is 0 Å². The summed E-state index contributed by atoms with van der Waals surface area (Å²) in [7, 11) is 0. The minimum absolute atomic E-state index is 0.0222. The summed E-state index contributed by atoms with van der Waals surface area (Å²) in [5.74, 6) is 2.31. The number of carbonyl (C=O) groups is 1. The number of rotatable bonds is 6. The van der Waals surface area contributed by atoms with Gasteiger partial charge in [0.15, 0.2) is 6.10 Å². The van der Waals surface area contributed by atoms with E-state index >= 15 is 0 Å². The zero-order valence-corrected chi connectivity index (χ0v) is 17.1. The largest absolute Gasteiger partial charge is 0.494 e. The molecule has 4 rings (SSSR count). The van der Waals surface area contributed by atoms with Crippen LogP contribution in [0.4, 0.5) is 0 Å². The fourth-order valence-electron chi connectivity index (χ4n) is 3.89. The van der Waals surface area contributed by atoms with Gasteiger partial charge in [0, 0.05) is 31.3 Å². The van der Waals surface area contributed by atoms with Crippen LogP contribution in [0.15, 0.2) is 30.5 Å². The van der Waals surface area contributed by atoms with Crippen molar-refractivity contribution in [3.8, 4) is 11.5 Å². The Kier molecular flexibility index (Phi) is 5.94. The second-order valence-electron chi connectivity index (χ2n) is 7.52. The Hall–Kier alpha value is -2.67. The first-order valence-electron chi connectivity index (χ1n) is 10.4. The van der Waals surface area contributed by atoms with Crippen LogP contribution in [0.3, 0.4) is 0 Å². The van der Waals surface area contributed by atoms with E-state index in [9.17, 15) is 4.79 Å². The first kappa shape index (κ1) is 19.6. The average Bonchev–Trinajstić information content (AvgIpc) is 3.29. The van der Waals surface area contributed by atoms with Gasteiger partial charge in [-0.3, -0.25) is 4.79 Å². The Morgan fingerprint density at radius 3 is 2.83 bits per heavy atom. The molecule has 0 radical (unpaired) electrons. The molecule has 0 bridgehead atoms. The number of benzene rings is 1. The average molecular weight is 396 g/mol. The molecule has 2 atom stereocenters. The smallest absolute Gasteiger partial charge is 0.263 e. The van der Waals surface area contributed by atoms with Crippen LogP contribution in [-0.2, 0) is 17.8 Å². The van der Waals surface area contributed by atoms with E-state index in [1.165, 1.54) is 6.42 Å². The summed E-state index contributed by atoms with van der Waals surface area (Å²) < 4.78 is 11.3. The van der Waals surface area contributed by atoms with Gasteiger partial charge in [0.2, 0.25) is 0 Å². The molecule has 2 aliphatic heterocycles. The van der Waals surface area contributed by atoms with Crippen molar-refractivity contribution in [3.05, 3.63) is 47.5 Å². The van der Waals surface area contributed by atoms with E-state index in [1.807, 2.05) is 42.3 Å². The molecule has 0 unspecified atom stereocenters. The van der Waals surface area contributed by atoms with Crippen LogP contribution < -0.4 is 14.8 Å². The number of hydrogen-bond donors (Lipinski definition) is 1. The molecule has 29 heavy (non-hydrogen) atoms. The van der Waals surface area contributed by atoms with Crippen LogP contribution in [0, 0.1) is 0 Å². The third-order valence-corrected chi connectivity index (χ3v) is 5.43. The predicted octanol–water partition coefficient (Wildman–Crippen LogP) is 2.65. The van der Waals surface area contributed by atoms with Gasteiger partial charge < -0.3 is 19.7 Å². The Labute approximate surface area is 171 Å². The van der Waals surface area contributed by atoms with E-state index in [0.717, 1.165) is 42.2 Å². The number of amides is 1. The normalized spacial score (nSPS) is 19.5. The molecule has 1 amide bonds. The Morgan fingerprint density at radius 1 is 1.31 bits per heavy atom. The van der Waals surface area contributed by atoms with Crippen LogP contribution in [0.5, 0.6) is 11.5 Å². The summed E-state index contributed by atoms with van der Waals surface area (Å²) in [6, 6.07) is 7.62. The van der Waals surface area contributed by atoms with Gasteiger partial charge in [-0.1, -0.05) is 0 Å². The maximum atomic E-state index is 12.9. The lowest BCUT2D eigenvalue weighted by Crippen LogP contribution is -2.43. The molecule has 1 N–H and O–H groups in total. The number of hydrogen-bond acceptors (Lipinski definition) is 6. The van der Waals surface area contributed by atoms with Crippen molar-refractivity contribution in [2.45, 2.75) is 51.8 Å². The molecule has 1 fully saturated rings. The molecule has 2 aliphatic rings. The summed E-state index contributed by atoms with van der Waals surface area (Å²) in [5.41, 5.74) is 2.09. The highest BCUT2D eigenvalue weighted by atomic mass is 16.5. The van der Waals surface area contributed by atoms with Crippen molar-refractivity contribution in [2.75, 3.05) is 19.7 Å². The summed E-state index contributed by atoms with van der Waals surface area (Å²) in [4.78, 5) is 24.0. The fraction of sp³-hybridized carbons (Fsp3) is 0.500. The Balaban J connectivity index is 1.37. The van der Waals surface area contributed by atoms with E-state index in [1.54, 1.807) is 6.92 Å². The number of aromatic nitrogens is 2. The zero-order valence-electron chi connectivity index (χ0n) is 17.1. The summed E-state index contributed by atoms with van der Waals surface area (Å²) in [6.45, 7) is 6.56. The summed E-state index contributed by atoms with van der Waals surface area (Å²) in [6.07, 6.45) is 4.33. The maximum absolute atomic E-state index is 12.9. The van der Waals surface area contributed by atoms with Crippen molar-refractivity contribution in [3.63, 3.8) is 0 Å². The highest BCUT2D eigenvalue weighted by Gasteiger charge is 2.28. The number of ether oxygens (including phenoxy) is 2. The van der Waals surface area contributed by atoms with Gasteiger partial charge in [0.05, 0.1) is 18.3 Å². The molecule has 0 saturated carbocycles. The lowest BCUT2D eigenvalue weighted by atomic mass is 10.1. The molecule has 7 heteroatoms. The Bertz CT molecular complexity index is 850. The van der Waals surface area contributed by atoms with Gasteiger partial charge in [-0.2, -0.15) is 0 Å². The lowest BCUT2D eigenvalue weighted by molar-refractivity contribution is -0.138. The minimum atomic E-state index is -0.558. The van der Waals surface area contributed by atoms with E-state index in [4.69, 9.17) is 14.5 Å². The van der Waals surface area contributed by atoms with Gasteiger partial charge in [0.1, 0.15) is 17.3 Å². The van der Waals surface area contributed by atoms with Crippen LogP contribution in [-0.4, -0.2) is 46.6 Å². The van der Waals surface area contributed by atoms with Crippen molar-refractivity contribution >= 4 is 5.91 Å². The van der Waals surface area contributed by atoms with Gasteiger partial charge in [-0.25, -0.2) is 9.97 Å². The van der Waals surface area contributed by atoms with Crippen LogP contribution in [0.1, 0.15) is 49.8 Å². The van der Waals surface area contributed by atoms with Crippen LogP contribution in [0.2, 0.25) is 0 Å². The standard InChI is InChI=1S/C22H28N4O3/c1-3-28-17-6-8-18(9-7-17)29-15(2)22(27)26-12-10-19-16(14-26)13-24-21(25-19)20-5-4-11-23-20/h6-9,13,15,20,23H,3-5,10-12,14H2,1-2H3/t15-,20+/m1/s1. The molecule has 1 saturated heterocycles. The van der Waals surface area contributed by atoms with Gasteiger partial charge >= 0.3 is 0 Å². The second-order valence-corrected chi connectivity index (χ2v) is 7.52. The van der Waals surface area contributed by atoms with Gasteiger partial charge in [-0.15, -0.1) is 0 Å². The first-order chi connectivity index (χ1) is 14.1. The van der Waals surface area contributed by atoms with Crippen LogP contribution >= 0.6 is 0 Å². The van der Waals surface area contributed by atoms with Crippen LogP contribution in [0.25, 0.3) is 0 Å². The number of nitrogens with one attached hydrogen (secondary N) is 1. The molecule has 0 aliphatic carbocycles. The van der Waals surface area contributed by atoms with Gasteiger partial charge in [0.25, 0.3) is 5.91 Å². The number of nitrogens with zero attached hydrogens (tertiary/aromatic N) is 3. The van der Waals surface area contributed by atoms with Crippen molar-refractivity contribution < 1.29 is 14.3 Å². The molecule has 2 aromatic rings.